The minimum Gasteiger partial charge on any atom is -0.321 e. The highest BCUT2D eigenvalue weighted by molar-refractivity contribution is 6.01. The second-order valence-electron chi connectivity index (χ2n) is 3.98. The van der Waals surface area contributed by atoms with E-state index in [1.165, 1.54) is 0 Å². The Morgan fingerprint density at radius 2 is 1.87 bits per heavy atom. The van der Waals surface area contributed by atoms with Gasteiger partial charge in [-0.3, -0.25) is 4.79 Å². The van der Waals surface area contributed by atoms with Gasteiger partial charge in [0.05, 0.1) is 11.6 Å². The summed E-state index contributed by atoms with van der Waals surface area (Å²) in [5.41, 5.74) is 7.71. The van der Waals surface area contributed by atoms with Crippen molar-refractivity contribution in [1.82, 2.24) is 0 Å². The second kappa shape index (κ2) is 4.11. The van der Waals surface area contributed by atoms with Gasteiger partial charge in [-0.25, -0.2) is 4.39 Å². The quantitative estimate of drug-likeness (QED) is 0.759. The number of ketones is 1. The highest BCUT2D eigenvalue weighted by Crippen LogP contribution is 2.21. The molecule has 0 saturated carbocycles. The van der Waals surface area contributed by atoms with Crippen molar-refractivity contribution < 1.29 is 9.18 Å². The van der Waals surface area contributed by atoms with E-state index >= 15 is 0 Å². The van der Waals surface area contributed by atoms with Crippen molar-refractivity contribution in [2.24, 2.45) is 5.73 Å². The Labute approximate surface area is 89.3 Å². The number of aryl methyl sites for hydroxylation is 2. The molecule has 0 aliphatic heterocycles. The standard InChI is InChI=1S/C12H16FNO/c1-6-5-7(2)11(13)10(8(6)3)12(15)9(4)14/h5,9H,14H2,1-4H3. The Balaban J connectivity index is 3.46. The molecule has 0 saturated heterocycles. The van der Waals surface area contributed by atoms with Crippen molar-refractivity contribution >= 4 is 5.78 Å². The summed E-state index contributed by atoms with van der Waals surface area (Å²) >= 11 is 0. The maximum atomic E-state index is 13.8. The number of rotatable bonds is 2. The van der Waals surface area contributed by atoms with Crippen LogP contribution in [-0.2, 0) is 0 Å². The summed E-state index contributed by atoms with van der Waals surface area (Å²) in [6.07, 6.45) is 0. The Kier molecular flexibility index (Phi) is 3.25. The first-order chi connectivity index (χ1) is 6.86. The zero-order valence-corrected chi connectivity index (χ0v) is 9.52. The smallest absolute Gasteiger partial charge is 0.182 e. The van der Waals surface area contributed by atoms with Crippen LogP contribution in [0.2, 0.25) is 0 Å². The maximum Gasteiger partial charge on any atom is 0.182 e. The average molecular weight is 209 g/mol. The van der Waals surface area contributed by atoms with Crippen molar-refractivity contribution in [3.05, 3.63) is 34.1 Å². The molecule has 0 spiro atoms. The van der Waals surface area contributed by atoms with Gasteiger partial charge in [-0.15, -0.1) is 0 Å². The molecule has 0 fully saturated rings. The van der Waals surface area contributed by atoms with Crippen LogP contribution in [0.5, 0.6) is 0 Å². The highest BCUT2D eigenvalue weighted by atomic mass is 19.1. The minimum absolute atomic E-state index is 0.141. The highest BCUT2D eigenvalue weighted by Gasteiger charge is 2.20. The molecule has 0 radical (unpaired) electrons. The number of nitrogens with two attached hydrogens (primary N) is 1. The average Bonchev–Trinajstić information content (AvgIpc) is 2.15. The van der Waals surface area contributed by atoms with Gasteiger partial charge in [0, 0.05) is 0 Å². The summed E-state index contributed by atoms with van der Waals surface area (Å²) in [7, 11) is 0. The lowest BCUT2D eigenvalue weighted by Gasteiger charge is -2.13. The number of Topliss-reactive ketones (excluding diaryl/α,β-unsaturated/α-hetero) is 1. The van der Waals surface area contributed by atoms with Crippen LogP contribution < -0.4 is 5.73 Å². The fraction of sp³-hybridized carbons (Fsp3) is 0.417. The van der Waals surface area contributed by atoms with Gasteiger partial charge in [-0.05, 0) is 44.4 Å². The van der Waals surface area contributed by atoms with E-state index in [-0.39, 0.29) is 11.3 Å². The molecule has 1 aromatic carbocycles. The van der Waals surface area contributed by atoms with Gasteiger partial charge >= 0.3 is 0 Å². The lowest BCUT2D eigenvalue weighted by atomic mass is 9.94. The molecule has 0 aliphatic carbocycles. The van der Waals surface area contributed by atoms with Gasteiger partial charge in [-0.2, -0.15) is 0 Å². The van der Waals surface area contributed by atoms with E-state index in [2.05, 4.69) is 0 Å². The molecule has 82 valence electrons. The van der Waals surface area contributed by atoms with Crippen LogP contribution in [-0.4, -0.2) is 11.8 Å². The van der Waals surface area contributed by atoms with Crippen LogP contribution in [0.3, 0.4) is 0 Å². The molecule has 1 atom stereocenters. The number of hydrogen-bond donors (Lipinski definition) is 1. The van der Waals surface area contributed by atoms with E-state index in [1.54, 1.807) is 26.8 Å². The minimum atomic E-state index is -0.667. The van der Waals surface area contributed by atoms with Crippen molar-refractivity contribution in [3.63, 3.8) is 0 Å². The predicted octanol–water partition coefficient (Wildman–Crippen LogP) is 2.28. The normalized spacial score (nSPS) is 12.7. The van der Waals surface area contributed by atoms with Gasteiger partial charge in [0.25, 0.3) is 0 Å². The number of carbonyl (C=O) groups excluding carboxylic acids is 1. The van der Waals surface area contributed by atoms with Crippen molar-refractivity contribution in [2.75, 3.05) is 0 Å². The molecule has 3 heteroatoms. The van der Waals surface area contributed by atoms with Gasteiger partial charge in [0.1, 0.15) is 5.82 Å². The fourth-order valence-electron chi connectivity index (χ4n) is 1.58. The van der Waals surface area contributed by atoms with Crippen LogP contribution in [0.15, 0.2) is 6.07 Å². The Bertz CT molecular complexity index is 384. The van der Waals surface area contributed by atoms with Gasteiger partial charge in [0.2, 0.25) is 0 Å². The molecule has 2 nitrogen and oxygen atoms in total. The second-order valence-corrected chi connectivity index (χ2v) is 3.98. The summed E-state index contributed by atoms with van der Waals surface area (Å²) in [6, 6.07) is 1.07. The number of hydrogen-bond acceptors (Lipinski definition) is 2. The zero-order valence-electron chi connectivity index (χ0n) is 9.52. The third-order valence-corrected chi connectivity index (χ3v) is 2.63. The fourth-order valence-corrected chi connectivity index (χ4v) is 1.58. The molecule has 1 aromatic rings. The van der Waals surface area contributed by atoms with E-state index in [0.717, 1.165) is 5.56 Å². The number of carbonyl (C=O) groups is 1. The zero-order chi connectivity index (χ0) is 11.7. The third kappa shape index (κ3) is 2.07. The molecule has 1 rings (SSSR count). The molecule has 15 heavy (non-hydrogen) atoms. The molecule has 0 heterocycles. The lowest BCUT2D eigenvalue weighted by molar-refractivity contribution is 0.0963. The largest absolute Gasteiger partial charge is 0.321 e. The molecule has 0 aromatic heterocycles. The van der Waals surface area contributed by atoms with Crippen molar-refractivity contribution in [1.29, 1.82) is 0 Å². The van der Waals surface area contributed by atoms with Crippen LogP contribution in [0, 0.1) is 26.6 Å². The maximum absolute atomic E-state index is 13.8. The molecular formula is C12H16FNO. The SMILES string of the molecule is Cc1cc(C)c(F)c(C(=O)C(C)N)c1C. The van der Waals surface area contributed by atoms with Crippen LogP contribution in [0.25, 0.3) is 0 Å². The first kappa shape index (κ1) is 11.9. The lowest BCUT2D eigenvalue weighted by Crippen LogP contribution is -2.28. The van der Waals surface area contributed by atoms with Gasteiger partial charge in [-0.1, -0.05) is 6.07 Å². The van der Waals surface area contributed by atoms with E-state index < -0.39 is 11.9 Å². The summed E-state index contributed by atoms with van der Waals surface area (Å²) in [4.78, 5) is 11.7. The molecule has 2 N–H and O–H groups in total. The van der Waals surface area contributed by atoms with Crippen LogP contribution in [0.4, 0.5) is 4.39 Å². The monoisotopic (exact) mass is 209 g/mol. The molecular weight excluding hydrogens is 193 g/mol. The van der Waals surface area contributed by atoms with Crippen LogP contribution >= 0.6 is 0 Å². The molecule has 0 aliphatic rings. The Morgan fingerprint density at radius 3 is 2.33 bits per heavy atom. The Hall–Kier alpha value is -1.22. The van der Waals surface area contributed by atoms with E-state index in [1.807, 2.05) is 6.92 Å². The first-order valence-electron chi connectivity index (χ1n) is 4.92. The van der Waals surface area contributed by atoms with Crippen LogP contribution in [0.1, 0.15) is 34.0 Å². The molecule has 0 amide bonds. The van der Waals surface area contributed by atoms with Crippen molar-refractivity contribution in [3.8, 4) is 0 Å². The van der Waals surface area contributed by atoms with E-state index in [9.17, 15) is 9.18 Å². The summed E-state index contributed by atoms with van der Waals surface area (Å²) in [6.45, 7) is 6.83. The van der Waals surface area contributed by atoms with E-state index in [0.29, 0.717) is 11.1 Å². The number of halogens is 1. The predicted molar refractivity (Wildman–Crippen MR) is 58.6 cm³/mol. The summed E-state index contributed by atoms with van der Waals surface area (Å²) in [5.74, 6) is -0.780. The topological polar surface area (TPSA) is 43.1 Å². The number of benzene rings is 1. The Morgan fingerprint density at radius 1 is 1.33 bits per heavy atom. The molecule has 0 bridgehead atoms. The summed E-state index contributed by atoms with van der Waals surface area (Å²) < 4.78 is 13.8. The van der Waals surface area contributed by atoms with Gasteiger partial charge < -0.3 is 5.73 Å². The third-order valence-electron chi connectivity index (χ3n) is 2.63. The summed E-state index contributed by atoms with van der Waals surface area (Å²) in [5, 5.41) is 0. The first-order valence-corrected chi connectivity index (χ1v) is 4.92. The molecule has 1 unspecified atom stereocenters. The van der Waals surface area contributed by atoms with E-state index in [4.69, 9.17) is 5.73 Å². The van der Waals surface area contributed by atoms with Crippen molar-refractivity contribution in [2.45, 2.75) is 33.7 Å². The van der Waals surface area contributed by atoms with Gasteiger partial charge in [0.15, 0.2) is 5.78 Å².